The molecule has 1 aliphatic rings. The molecule has 0 radical (unpaired) electrons. The zero-order chi connectivity index (χ0) is 18.5. The zero-order valence-electron chi connectivity index (χ0n) is 14.0. The number of amides is 2. The maximum absolute atomic E-state index is 12.2. The normalized spacial score (nSPS) is 13.6. The van der Waals surface area contributed by atoms with Gasteiger partial charge in [0, 0.05) is 24.0 Å². The molecule has 2 amide bonds. The molecule has 8 heteroatoms. The van der Waals surface area contributed by atoms with Gasteiger partial charge in [-0.15, -0.1) is 0 Å². The lowest BCUT2D eigenvalue weighted by atomic mass is 10.2. The summed E-state index contributed by atoms with van der Waals surface area (Å²) in [5.74, 6) is 0.540. The molecule has 134 valence electrons. The molecule has 0 atom stereocenters. The first-order valence-corrected chi connectivity index (χ1v) is 7.83. The fourth-order valence-corrected chi connectivity index (χ4v) is 2.43. The molecule has 26 heavy (non-hydrogen) atoms. The van der Waals surface area contributed by atoms with E-state index in [2.05, 4.69) is 10.3 Å². The van der Waals surface area contributed by atoms with Crippen LogP contribution in [0.5, 0.6) is 17.2 Å². The van der Waals surface area contributed by atoms with E-state index in [1.54, 1.807) is 42.7 Å². The topological polar surface area (TPSA) is 101 Å². The number of imide groups is 1. The van der Waals surface area contributed by atoms with Gasteiger partial charge in [0.05, 0.1) is 26.5 Å². The first kappa shape index (κ1) is 17.4. The molecular weight excluding hydrogens is 338 g/mol. The van der Waals surface area contributed by atoms with Gasteiger partial charge in [-0.2, -0.15) is 0 Å². The third-order valence-corrected chi connectivity index (χ3v) is 3.64. The summed E-state index contributed by atoms with van der Waals surface area (Å²) in [6, 6.07) is 8.55. The predicted octanol–water partition coefficient (Wildman–Crippen LogP) is 1.54. The van der Waals surface area contributed by atoms with E-state index >= 15 is 0 Å². The number of carbonyl (C=O) groups excluding carboxylic acids is 2. The molecule has 2 heterocycles. The number of pyridine rings is 1. The lowest BCUT2D eigenvalue weighted by molar-refractivity contribution is -0.137. The van der Waals surface area contributed by atoms with E-state index in [1.807, 2.05) is 0 Å². The van der Waals surface area contributed by atoms with Crippen molar-refractivity contribution in [2.45, 2.75) is 0 Å². The fourth-order valence-electron chi connectivity index (χ4n) is 2.43. The van der Waals surface area contributed by atoms with Crippen LogP contribution in [0.1, 0.15) is 0 Å². The standard InChI is InChI=1S/C18H17N3O5/c1-25-16-9-12(4-5-15(16)26-13-3-2-6-19-11-13)20-14-10-17(23)21(7-8-22)18(14)24/h2-6,9-11,20,22H,7-8H2,1H3. The molecule has 0 saturated carbocycles. The van der Waals surface area contributed by atoms with E-state index in [-0.39, 0.29) is 18.8 Å². The van der Waals surface area contributed by atoms with Crippen LogP contribution in [0.3, 0.4) is 0 Å². The molecule has 0 saturated heterocycles. The number of aliphatic hydroxyl groups excluding tert-OH is 1. The van der Waals surface area contributed by atoms with Crippen LogP contribution in [0.4, 0.5) is 5.69 Å². The summed E-state index contributed by atoms with van der Waals surface area (Å²) in [4.78, 5) is 28.9. The molecule has 1 aliphatic heterocycles. The van der Waals surface area contributed by atoms with Gasteiger partial charge in [-0.05, 0) is 24.3 Å². The molecule has 0 unspecified atom stereocenters. The van der Waals surface area contributed by atoms with Gasteiger partial charge in [0.25, 0.3) is 11.8 Å². The minimum atomic E-state index is -0.487. The lowest BCUT2D eigenvalue weighted by Crippen LogP contribution is -2.34. The predicted molar refractivity (Wildman–Crippen MR) is 92.8 cm³/mol. The molecule has 2 N–H and O–H groups in total. The lowest BCUT2D eigenvalue weighted by Gasteiger charge is -2.15. The summed E-state index contributed by atoms with van der Waals surface area (Å²) in [6.07, 6.45) is 4.42. The molecule has 0 bridgehead atoms. The van der Waals surface area contributed by atoms with Gasteiger partial charge in [-0.25, -0.2) is 0 Å². The molecule has 3 rings (SSSR count). The molecule has 1 aromatic carbocycles. The first-order chi connectivity index (χ1) is 12.6. The third kappa shape index (κ3) is 3.65. The Bertz CT molecular complexity index is 851. The van der Waals surface area contributed by atoms with Crippen LogP contribution >= 0.6 is 0 Å². The van der Waals surface area contributed by atoms with Crippen molar-refractivity contribution in [2.24, 2.45) is 0 Å². The number of hydrogen-bond acceptors (Lipinski definition) is 7. The third-order valence-electron chi connectivity index (χ3n) is 3.64. The maximum Gasteiger partial charge on any atom is 0.277 e. The molecule has 2 aromatic rings. The van der Waals surface area contributed by atoms with Gasteiger partial charge in [0.1, 0.15) is 11.4 Å². The number of ether oxygens (including phenoxy) is 2. The highest BCUT2D eigenvalue weighted by molar-refractivity contribution is 6.17. The molecule has 1 aromatic heterocycles. The van der Waals surface area contributed by atoms with E-state index in [1.165, 1.54) is 13.2 Å². The number of nitrogens with zero attached hydrogens (tertiary/aromatic N) is 2. The number of anilines is 1. The number of β-amino-alcohol motifs (C(OH)–C–C–N with tert-alkyl or cyclic N) is 1. The Morgan fingerprint density at radius 3 is 2.77 bits per heavy atom. The second-order valence-corrected chi connectivity index (χ2v) is 5.36. The summed E-state index contributed by atoms with van der Waals surface area (Å²) in [5, 5.41) is 11.8. The number of rotatable bonds is 7. The largest absolute Gasteiger partial charge is 0.493 e. The van der Waals surface area contributed by atoms with Gasteiger partial charge in [-0.3, -0.25) is 19.5 Å². The smallest absolute Gasteiger partial charge is 0.277 e. The highest BCUT2D eigenvalue weighted by atomic mass is 16.5. The SMILES string of the molecule is COc1cc(NC2=CC(=O)N(CCO)C2=O)ccc1Oc1cccnc1. The van der Waals surface area contributed by atoms with Crippen LogP contribution in [-0.2, 0) is 9.59 Å². The van der Waals surface area contributed by atoms with Crippen molar-refractivity contribution in [3.63, 3.8) is 0 Å². The van der Waals surface area contributed by atoms with E-state index in [0.717, 1.165) is 4.90 Å². The Morgan fingerprint density at radius 1 is 1.23 bits per heavy atom. The highest BCUT2D eigenvalue weighted by Crippen LogP contribution is 2.34. The van der Waals surface area contributed by atoms with Crippen LogP contribution in [-0.4, -0.2) is 47.1 Å². The van der Waals surface area contributed by atoms with Crippen molar-refractivity contribution >= 4 is 17.5 Å². The number of aromatic nitrogens is 1. The second kappa shape index (κ2) is 7.66. The minimum absolute atomic E-state index is 0.0411. The quantitative estimate of drug-likeness (QED) is 0.727. The Balaban J connectivity index is 1.77. The Morgan fingerprint density at radius 2 is 2.08 bits per heavy atom. The number of methoxy groups -OCH3 is 1. The van der Waals surface area contributed by atoms with Gasteiger partial charge in [0.2, 0.25) is 0 Å². The fraction of sp³-hybridized carbons (Fsp3) is 0.167. The summed E-state index contributed by atoms with van der Waals surface area (Å²) < 4.78 is 11.1. The zero-order valence-corrected chi connectivity index (χ0v) is 14.0. The summed E-state index contributed by atoms with van der Waals surface area (Å²) in [7, 11) is 1.50. The van der Waals surface area contributed by atoms with Crippen LogP contribution in [0.25, 0.3) is 0 Å². The average Bonchev–Trinajstić information content (AvgIpc) is 2.91. The second-order valence-electron chi connectivity index (χ2n) is 5.36. The van der Waals surface area contributed by atoms with Crippen molar-refractivity contribution in [2.75, 3.05) is 25.6 Å². The minimum Gasteiger partial charge on any atom is -0.493 e. The number of hydrogen-bond donors (Lipinski definition) is 2. The Labute approximate surface area is 149 Å². The monoisotopic (exact) mass is 355 g/mol. The van der Waals surface area contributed by atoms with Crippen LogP contribution in [0, 0.1) is 0 Å². The maximum atomic E-state index is 12.2. The van der Waals surface area contributed by atoms with Crippen LogP contribution < -0.4 is 14.8 Å². The van der Waals surface area contributed by atoms with Gasteiger partial charge >= 0.3 is 0 Å². The van der Waals surface area contributed by atoms with Crippen molar-refractivity contribution in [3.05, 3.63) is 54.5 Å². The van der Waals surface area contributed by atoms with Crippen molar-refractivity contribution in [1.82, 2.24) is 9.88 Å². The summed E-state index contributed by atoms with van der Waals surface area (Å²) >= 11 is 0. The number of benzene rings is 1. The molecule has 0 aliphatic carbocycles. The van der Waals surface area contributed by atoms with Gasteiger partial charge in [0.15, 0.2) is 11.5 Å². The van der Waals surface area contributed by atoms with E-state index in [4.69, 9.17) is 14.6 Å². The first-order valence-electron chi connectivity index (χ1n) is 7.83. The van der Waals surface area contributed by atoms with Gasteiger partial charge < -0.3 is 19.9 Å². The highest BCUT2D eigenvalue weighted by Gasteiger charge is 2.30. The molecule has 8 nitrogen and oxygen atoms in total. The van der Waals surface area contributed by atoms with Crippen LogP contribution in [0.15, 0.2) is 54.5 Å². The van der Waals surface area contributed by atoms with E-state index < -0.39 is 11.8 Å². The van der Waals surface area contributed by atoms with Crippen LogP contribution in [0.2, 0.25) is 0 Å². The number of nitrogens with one attached hydrogen (secondary N) is 1. The van der Waals surface area contributed by atoms with Gasteiger partial charge in [-0.1, -0.05) is 0 Å². The number of aliphatic hydroxyl groups is 1. The van der Waals surface area contributed by atoms with E-state index in [0.29, 0.717) is 22.9 Å². The molecule has 0 fully saturated rings. The summed E-state index contributed by atoms with van der Waals surface area (Å²) in [6.45, 7) is -0.326. The molecule has 0 spiro atoms. The van der Waals surface area contributed by atoms with E-state index in [9.17, 15) is 9.59 Å². The van der Waals surface area contributed by atoms with Crippen molar-refractivity contribution < 1.29 is 24.2 Å². The Hall–Kier alpha value is -3.39. The Kier molecular flexibility index (Phi) is 5.14. The average molecular weight is 355 g/mol. The summed E-state index contributed by atoms with van der Waals surface area (Å²) in [5.41, 5.74) is 0.685. The van der Waals surface area contributed by atoms with Crippen molar-refractivity contribution in [3.8, 4) is 17.2 Å². The molecular formula is C18H17N3O5. The number of carbonyl (C=O) groups is 2. The van der Waals surface area contributed by atoms with Crippen molar-refractivity contribution in [1.29, 1.82) is 0 Å².